The highest BCUT2D eigenvalue weighted by Gasteiger charge is 2.24. The van der Waals surface area contributed by atoms with Gasteiger partial charge in [-0.05, 0) is 42.8 Å². The first-order valence-corrected chi connectivity index (χ1v) is 11.1. The molecule has 1 aliphatic rings. The van der Waals surface area contributed by atoms with Gasteiger partial charge in [0.1, 0.15) is 6.10 Å². The van der Waals surface area contributed by atoms with E-state index >= 15 is 0 Å². The molecule has 0 saturated carbocycles. The van der Waals surface area contributed by atoms with Gasteiger partial charge in [-0.2, -0.15) is 5.10 Å². The topological polar surface area (TPSA) is 76.8 Å². The molecular weight excluding hydrogens is 454 g/mol. The Balaban J connectivity index is 1.49. The number of benzene rings is 3. The first-order valence-electron chi connectivity index (χ1n) is 10.7. The molecule has 34 heavy (non-hydrogen) atoms. The van der Waals surface area contributed by atoms with Crippen molar-refractivity contribution in [2.24, 2.45) is 0 Å². The van der Waals surface area contributed by atoms with Crippen LogP contribution in [0.15, 0.2) is 72.8 Å². The van der Waals surface area contributed by atoms with E-state index in [0.717, 1.165) is 0 Å². The fraction of sp³-hybridized carbons (Fsp3) is 0.154. The van der Waals surface area contributed by atoms with Gasteiger partial charge in [0, 0.05) is 24.4 Å². The summed E-state index contributed by atoms with van der Waals surface area (Å²) in [4.78, 5) is 14.8. The molecule has 2 heterocycles. The number of amides is 1. The number of hydrogen-bond donors (Lipinski definition) is 1. The van der Waals surface area contributed by atoms with Gasteiger partial charge in [0.15, 0.2) is 11.5 Å². The minimum Gasteiger partial charge on any atom is -0.454 e. The van der Waals surface area contributed by atoms with Crippen LogP contribution < -0.4 is 14.4 Å². The maximum atomic E-state index is 13.3. The second kappa shape index (κ2) is 8.85. The van der Waals surface area contributed by atoms with E-state index in [1.165, 1.54) is 0 Å². The number of fused-ring (bicyclic) bond motifs is 1. The van der Waals surface area contributed by atoms with E-state index in [-0.39, 0.29) is 12.7 Å². The molecule has 0 aliphatic carbocycles. The van der Waals surface area contributed by atoms with Crippen LogP contribution in [0.3, 0.4) is 0 Å². The summed E-state index contributed by atoms with van der Waals surface area (Å²) in [7, 11) is 1.70. The predicted molar refractivity (Wildman–Crippen MR) is 129 cm³/mol. The summed E-state index contributed by atoms with van der Waals surface area (Å²) >= 11 is 6.55. The molecule has 1 aromatic heterocycles. The van der Waals surface area contributed by atoms with Crippen molar-refractivity contribution in [3.63, 3.8) is 0 Å². The maximum Gasteiger partial charge on any atom is 0.258 e. The summed E-state index contributed by atoms with van der Waals surface area (Å²) in [5.41, 5.74) is 3.48. The van der Waals surface area contributed by atoms with Gasteiger partial charge in [-0.15, -0.1) is 0 Å². The van der Waals surface area contributed by atoms with E-state index < -0.39 is 6.10 Å². The lowest BCUT2D eigenvalue weighted by Crippen LogP contribution is -2.26. The van der Waals surface area contributed by atoms with Crippen LogP contribution in [-0.4, -0.2) is 34.6 Å². The SMILES string of the molecule is Cc1nn(-c2cccc(C(=O)N(C)c3ccc4c(c3)OCO4)c2)c([C@H](O)c2ccccc2)c1Cl. The zero-order valence-electron chi connectivity index (χ0n) is 18.6. The quantitative estimate of drug-likeness (QED) is 0.443. The van der Waals surface area contributed by atoms with Crippen LogP contribution in [0.2, 0.25) is 5.02 Å². The number of aliphatic hydroxyl groups excluding tert-OH is 1. The van der Waals surface area contributed by atoms with Gasteiger partial charge in [-0.25, -0.2) is 4.68 Å². The molecule has 3 aromatic carbocycles. The Morgan fingerprint density at radius 2 is 1.82 bits per heavy atom. The maximum absolute atomic E-state index is 13.3. The van der Waals surface area contributed by atoms with Crippen molar-refractivity contribution >= 4 is 23.2 Å². The Bertz CT molecular complexity index is 1370. The number of rotatable bonds is 5. The lowest BCUT2D eigenvalue weighted by molar-refractivity contribution is 0.0993. The van der Waals surface area contributed by atoms with Gasteiger partial charge in [-0.3, -0.25) is 4.79 Å². The molecule has 0 bridgehead atoms. The van der Waals surface area contributed by atoms with Gasteiger partial charge in [0.05, 0.1) is 22.1 Å². The van der Waals surface area contributed by atoms with Crippen molar-refractivity contribution in [1.29, 1.82) is 0 Å². The molecule has 0 saturated heterocycles. The highest BCUT2D eigenvalue weighted by Crippen LogP contribution is 2.36. The molecule has 1 atom stereocenters. The number of carbonyl (C=O) groups is 1. The molecule has 0 spiro atoms. The summed E-state index contributed by atoms with van der Waals surface area (Å²) < 4.78 is 12.4. The number of anilines is 1. The van der Waals surface area contributed by atoms with Crippen LogP contribution in [0.4, 0.5) is 5.69 Å². The third-order valence-corrected chi connectivity index (χ3v) is 6.25. The minimum atomic E-state index is -0.981. The Hall–Kier alpha value is -3.81. The highest BCUT2D eigenvalue weighted by atomic mass is 35.5. The molecule has 0 radical (unpaired) electrons. The number of nitrogens with zero attached hydrogens (tertiary/aromatic N) is 3. The molecule has 1 amide bonds. The smallest absolute Gasteiger partial charge is 0.258 e. The lowest BCUT2D eigenvalue weighted by Gasteiger charge is -2.19. The summed E-state index contributed by atoms with van der Waals surface area (Å²) in [6.07, 6.45) is -0.981. The van der Waals surface area contributed by atoms with Crippen molar-refractivity contribution in [2.75, 3.05) is 18.7 Å². The fourth-order valence-electron chi connectivity index (χ4n) is 3.93. The van der Waals surface area contributed by atoms with Crippen molar-refractivity contribution in [2.45, 2.75) is 13.0 Å². The number of aromatic nitrogens is 2. The molecule has 7 nitrogen and oxygen atoms in total. The monoisotopic (exact) mass is 475 g/mol. The zero-order chi connectivity index (χ0) is 23.8. The second-order valence-corrected chi connectivity index (χ2v) is 8.34. The summed E-state index contributed by atoms with van der Waals surface area (Å²) in [5.74, 6) is 1.05. The third kappa shape index (κ3) is 3.89. The van der Waals surface area contributed by atoms with E-state index in [1.807, 2.05) is 36.4 Å². The second-order valence-electron chi connectivity index (χ2n) is 7.96. The first kappa shape index (κ1) is 22.0. The van der Waals surface area contributed by atoms with Crippen molar-refractivity contribution in [3.05, 3.63) is 100 Å². The minimum absolute atomic E-state index is 0.168. The lowest BCUT2D eigenvalue weighted by atomic mass is 10.1. The number of aliphatic hydroxyl groups is 1. The average molecular weight is 476 g/mol. The molecule has 0 fully saturated rings. The van der Waals surface area contributed by atoms with Gasteiger partial charge < -0.3 is 19.5 Å². The molecule has 0 unspecified atom stereocenters. The zero-order valence-corrected chi connectivity index (χ0v) is 19.4. The van der Waals surface area contributed by atoms with E-state index in [2.05, 4.69) is 5.10 Å². The number of aryl methyl sites for hydroxylation is 1. The third-order valence-electron chi connectivity index (χ3n) is 5.78. The fourth-order valence-corrected chi connectivity index (χ4v) is 4.15. The van der Waals surface area contributed by atoms with E-state index in [1.54, 1.807) is 60.0 Å². The number of carbonyl (C=O) groups excluding carboxylic acids is 1. The van der Waals surface area contributed by atoms with Crippen LogP contribution in [0, 0.1) is 6.92 Å². The van der Waals surface area contributed by atoms with Gasteiger partial charge >= 0.3 is 0 Å². The van der Waals surface area contributed by atoms with Crippen molar-refractivity contribution in [3.8, 4) is 17.2 Å². The van der Waals surface area contributed by atoms with Gasteiger partial charge in [0.25, 0.3) is 5.91 Å². The number of halogens is 1. The van der Waals surface area contributed by atoms with Crippen LogP contribution in [0.25, 0.3) is 5.69 Å². The van der Waals surface area contributed by atoms with Crippen LogP contribution in [0.1, 0.15) is 33.4 Å². The van der Waals surface area contributed by atoms with E-state index in [4.69, 9.17) is 21.1 Å². The van der Waals surface area contributed by atoms with Gasteiger partial charge in [0.2, 0.25) is 6.79 Å². The van der Waals surface area contributed by atoms with Crippen LogP contribution in [0.5, 0.6) is 11.5 Å². The molecule has 172 valence electrons. The van der Waals surface area contributed by atoms with Gasteiger partial charge in [-0.1, -0.05) is 48.0 Å². The van der Waals surface area contributed by atoms with Crippen LogP contribution >= 0.6 is 11.6 Å². The molecule has 1 aliphatic heterocycles. The summed E-state index contributed by atoms with van der Waals surface area (Å²) in [5, 5.41) is 16.0. The number of hydrogen-bond acceptors (Lipinski definition) is 5. The Morgan fingerprint density at radius 1 is 1.06 bits per heavy atom. The normalized spacial score (nSPS) is 13.1. The molecule has 5 rings (SSSR count). The van der Waals surface area contributed by atoms with E-state index in [0.29, 0.717) is 50.4 Å². The summed E-state index contributed by atoms with van der Waals surface area (Å²) in [6, 6.07) is 21.7. The Labute approximate surface area is 201 Å². The summed E-state index contributed by atoms with van der Waals surface area (Å²) in [6.45, 7) is 1.95. The Kier molecular flexibility index (Phi) is 5.73. The molecular formula is C26H22ClN3O4. The largest absolute Gasteiger partial charge is 0.454 e. The highest BCUT2D eigenvalue weighted by molar-refractivity contribution is 6.32. The van der Waals surface area contributed by atoms with Crippen LogP contribution in [-0.2, 0) is 0 Å². The number of ether oxygens (including phenoxy) is 2. The van der Waals surface area contributed by atoms with Crippen molar-refractivity contribution in [1.82, 2.24) is 9.78 Å². The Morgan fingerprint density at radius 3 is 2.62 bits per heavy atom. The first-order chi connectivity index (χ1) is 16.4. The van der Waals surface area contributed by atoms with E-state index in [9.17, 15) is 9.90 Å². The standard InChI is InChI=1S/C26H22ClN3O4/c1-16-23(27)24(25(31)17-7-4-3-5-8-17)30(28-16)20-10-6-9-18(13-20)26(32)29(2)19-11-12-21-22(14-19)34-15-33-21/h3-14,25,31H,15H2,1-2H3/t25-/m1/s1. The predicted octanol–water partition coefficient (Wildman–Crippen LogP) is 4.92. The molecule has 8 heteroatoms. The molecule has 1 N–H and O–H groups in total. The average Bonchev–Trinajstić information content (AvgIpc) is 3.47. The van der Waals surface area contributed by atoms with Crippen molar-refractivity contribution < 1.29 is 19.4 Å². The molecule has 4 aromatic rings.